The van der Waals surface area contributed by atoms with Gasteiger partial charge in [-0.15, -0.1) is 0 Å². The first-order valence-corrected chi connectivity index (χ1v) is 9.91. The number of hydrogen-bond donors (Lipinski definition) is 2. The third-order valence-corrected chi connectivity index (χ3v) is 5.02. The van der Waals surface area contributed by atoms with Crippen molar-refractivity contribution in [1.82, 2.24) is 15.5 Å². The molecule has 0 saturated carbocycles. The highest BCUT2D eigenvalue weighted by molar-refractivity contribution is 5.74. The van der Waals surface area contributed by atoms with Crippen molar-refractivity contribution >= 4 is 6.03 Å². The molecule has 1 atom stereocenters. The van der Waals surface area contributed by atoms with Crippen molar-refractivity contribution in [3.8, 4) is 0 Å². The Bertz CT molecular complexity index is 852. The molecule has 0 radical (unpaired) electrons. The molecule has 3 rings (SSSR count). The van der Waals surface area contributed by atoms with Crippen LogP contribution in [0.4, 0.5) is 18.0 Å². The Hall–Kier alpha value is -2.58. The molecule has 2 aromatic carbocycles. The number of amides is 2. The molecule has 1 aliphatic heterocycles. The fraction of sp³-hybridized carbons (Fsp3) is 0.409. The van der Waals surface area contributed by atoms with Gasteiger partial charge in [-0.25, -0.2) is 4.79 Å². The SMILES string of the molecule is CC(NC(=O)NCc1cccc(CN2CCOCC2)c1)c1cccc(C(F)(F)F)c1. The van der Waals surface area contributed by atoms with Crippen LogP contribution in [0.2, 0.25) is 0 Å². The van der Waals surface area contributed by atoms with Crippen LogP contribution >= 0.6 is 0 Å². The normalized spacial score (nSPS) is 16.1. The lowest BCUT2D eigenvalue weighted by atomic mass is 10.1. The summed E-state index contributed by atoms with van der Waals surface area (Å²) in [7, 11) is 0. The van der Waals surface area contributed by atoms with Gasteiger partial charge in [-0.3, -0.25) is 4.90 Å². The van der Waals surface area contributed by atoms with Crippen LogP contribution in [0, 0.1) is 0 Å². The highest BCUT2D eigenvalue weighted by Gasteiger charge is 2.30. The van der Waals surface area contributed by atoms with E-state index in [4.69, 9.17) is 4.74 Å². The van der Waals surface area contributed by atoms with Crippen molar-refractivity contribution in [3.63, 3.8) is 0 Å². The van der Waals surface area contributed by atoms with E-state index in [0.29, 0.717) is 12.1 Å². The maximum Gasteiger partial charge on any atom is 0.416 e. The zero-order valence-electron chi connectivity index (χ0n) is 16.8. The molecule has 0 aromatic heterocycles. The molecular weight excluding hydrogens is 395 g/mol. The van der Waals surface area contributed by atoms with Gasteiger partial charge in [-0.1, -0.05) is 36.4 Å². The van der Waals surface area contributed by atoms with Gasteiger partial charge in [0, 0.05) is 26.2 Å². The van der Waals surface area contributed by atoms with Crippen LogP contribution in [-0.2, 0) is 24.0 Å². The molecule has 1 aliphatic rings. The van der Waals surface area contributed by atoms with Crippen LogP contribution < -0.4 is 10.6 Å². The van der Waals surface area contributed by atoms with Crippen LogP contribution in [0.5, 0.6) is 0 Å². The Labute approximate surface area is 174 Å². The number of carbonyl (C=O) groups is 1. The van der Waals surface area contributed by atoms with Crippen molar-refractivity contribution in [2.45, 2.75) is 32.2 Å². The van der Waals surface area contributed by atoms with Gasteiger partial charge in [0.25, 0.3) is 0 Å². The van der Waals surface area contributed by atoms with E-state index in [9.17, 15) is 18.0 Å². The summed E-state index contributed by atoms with van der Waals surface area (Å²) in [6.07, 6.45) is -4.41. The van der Waals surface area contributed by atoms with Gasteiger partial charge in [0.1, 0.15) is 0 Å². The van der Waals surface area contributed by atoms with Crippen molar-refractivity contribution in [1.29, 1.82) is 0 Å². The Morgan fingerprint density at radius 2 is 1.80 bits per heavy atom. The lowest BCUT2D eigenvalue weighted by molar-refractivity contribution is -0.137. The van der Waals surface area contributed by atoms with Crippen LogP contribution in [0.15, 0.2) is 48.5 Å². The first-order chi connectivity index (χ1) is 14.3. The zero-order chi connectivity index (χ0) is 21.6. The second-order valence-corrected chi connectivity index (χ2v) is 7.38. The molecule has 1 heterocycles. The molecule has 0 aliphatic carbocycles. The summed E-state index contributed by atoms with van der Waals surface area (Å²) in [5.74, 6) is 0. The summed E-state index contributed by atoms with van der Waals surface area (Å²) in [5.41, 5.74) is 1.79. The Balaban J connectivity index is 1.51. The van der Waals surface area contributed by atoms with E-state index >= 15 is 0 Å². The molecule has 1 saturated heterocycles. The average Bonchev–Trinajstić information content (AvgIpc) is 2.73. The number of benzene rings is 2. The fourth-order valence-corrected chi connectivity index (χ4v) is 3.35. The summed E-state index contributed by atoms with van der Waals surface area (Å²) in [4.78, 5) is 14.5. The van der Waals surface area contributed by atoms with Gasteiger partial charge in [-0.05, 0) is 35.7 Å². The third kappa shape index (κ3) is 6.47. The number of urea groups is 1. The number of hydrogen-bond acceptors (Lipinski definition) is 3. The van der Waals surface area contributed by atoms with E-state index in [1.165, 1.54) is 6.07 Å². The molecule has 30 heavy (non-hydrogen) atoms. The van der Waals surface area contributed by atoms with E-state index in [1.54, 1.807) is 13.0 Å². The van der Waals surface area contributed by atoms with Gasteiger partial charge in [-0.2, -0.15) is 13.2 Å². The zero-order valence-corrected chi connectivity index (χ0v) is 16.8. The second kappa shape index (κ2) is 9.95. The maximum atomic E-state index is 12.9. The van der Waals surface area contributed by atoms with Crippen molar-refractivity contribution in [2.75, 3.05) is 26.3 Å². The first kappa shape index (κ1) is 22.1. The van der Waals surface area contributed by atoms with Gasteiger partial charge < -0.3 is 15.4 Å². The van der Waals surface area contributed by atoms with E-state index in [0.717, 1.165) is 56.1 Å². The van der Waals surface area contributed by atoms with Gasteiger partial charge >= 0.3 is 12.2 Å². The van der Waals surface area contributed by atoms with Crippen LogP contribution in [0.25, 0.3) is 0 Å². The maximum absolute atomic E-state index is 12.9. The minimum absolute atomic E-state index is 0.331. The molecule has 8 heteroatoms. The Kier molecular flexibility index (Phi) is 7.33. The monoisotopic (exact) mass is 421 g/mol. The van der Waals surface area contributed by atoms with Gasteiger partial charge in [0.2, 0.25) is 0 Å². The largest absolute Gasteiger partial charge is 0.416 e. The summed E-state index contributed by atoms with van der Waals surface area (Å²) >= 11 is 0. The molecule has 1 fully saturated rings. The topological polar surface area (TPSA) is 53.6 Å². The minimum atomic E-state index is -4.41. The van der Waals surface area contributed by atoms with E-state index in [2.05, 4.69) is 21.6 Å². The predicted octanol–water partition coefficient (Wildman–Crippen LogP) is 4.10. The number of alkyl halides is 3. The highest BCUT2D eigenvalue weighted by Crippen LogP contribution is 2.30. The summed E-state index contributed by atoms with van der Waals surface area (Å²) in [6.45, 7) is 6.10. The van der Waals surface area contributed by atoms with Gasteiger partial charge in [0.05, 0.1) is 24.8 Å². The van der Waals surface area contributed by atoms with E-state index in [-0.39, 0.29) is 0 Å². The van der Waals surface area contributed by atoms with Crippen LogP contribution in [-0.4, -0.2) is 37.2 Å². The molecule has 0 spiro atoms. The lowest BCUT2D eigenvalue weighted by Crippen LogP contribution is -2.37. The Morgan fingerprint density at radius 3 is 2.53 bits per heavy atom. The molecular formula is C22H26F3N3O2. The fourth-order valence-electron chi connectivity index (χ4n) is 3.35. The number of nitrogens with one attached hydrogen (secondary N) is 2. The number of carbonyl (C=O) groups excluding carboxylic acids is 1. The summed E-state index contributed by atoms with van der Waals surface area (Å²) < 4.78 is 44.0. The molecule has 2 amide bonds. The summed E-state index contributed by atoms with van der Waals surface area (Å²) in [6, 6.07) is 12.0. The third-order valence-electron chi connectivity index (χ3n) is 5.02. The predicted molar refractivity (Wildman–Crippen MR) is 108 cm³/mol. The van der Waals surface area contributed by atoms with Crippen LogP contribution in [0.3, 0.4) is 0 Å². The van der Waals surface area contributed by atoms with Crippen molar-refractivity contribution in [3.05, 3.63) is 70.8 Å². The number of ether oxygens (including phenoxy) is 1. The number of nitrogens with zero attached hydrogens (tertiary/aromatic N) is 1. The average molecular weight is 421 g/mol. The number of rotatable bonds is 6. The molecule has 2 N–H and O–H groups in total. The number of halogens is 3. The molecule has 5 nitrogen and oxygen atoms in total. The molecule has 2 aromatic rings. The highest BCUT2D eigenvalue weighted by atomic mass is 19.4. The molecule has 162 valence electrons. The van der Waals surface area contributed by atoms with E-state index in [1.807, 2.05) is 18.2 Å². The molecule has 0 bridgehead atoms. The smallest absolute Gasteiger partial charge is 0.379 e. The first-order valence-electron chi connectivity index (χ1n) is 9.91. The second-order valence-electron chi connectivity index (χ2n) is 7.38. The van der Waals surface area contributed by atoms with Crippen molar-refractivity contribution in [2.24, 2.45) is 0 Å². The summed E-state index contributed by atoms with van der Waals surface area (Å²) in [5, 5.41) is 5.46. The molecule has 1 unspecified atom stereocenters. The standard InChI is InChI=1S/C22H26F3N3O2/c1-16(19-6-3-7-20(13-19)22(23,24)25)27-21(29)26-14-17-4-2-5-18(12-17)15-28-8-10-30-11-9-28/h2-7,12-13,16H,8-11,14-15H2,1H3,(H2,26,27,29). The van der Waals surface area contributed by atoms with Gasteiger partial charge in [0.15, 0.2) is 0 Å². The van der Waals surface area contributed by atoms with Crippen molar-refractivity contribution < 1.29 is 22.7 Å². The quantitative estimate of drug-likeness (QED) is 0.739. The van der Waals surface area contributed by atoms with Crippen LogP contribution in [0.1, 0.15) is 35.2 Å². The van der Waals surface area contributed by atoms with E-state index < -0.39 is 23.8 Å². The Morgan fingerprint density at radius 1 is 1.10 bits per heavy atom. The minimum Gasteiger partial charge on any atom is -0.379 e. The lowest BCUT2D eigenvalue weighted by Gasteiger charge is -2.26. The number of morpholine rings is 1.